The summed E-state index contributed by atoms with van der Waals surface area (Å²) in [5.74, 6) is 0.209. The van der Waals surface area contributed by atoms with Crippen LogP contribution in [0.1, 0.15) is 26.2 Å². The van der Waals surface area contributed by atoms with Gasteiger partial charge >= 0.3 is 0 Å². The van der Waals surface area contributed by atoms with Crippen LogP contribution in [0, 0.1) is 0 Å². The lowest BCUT2D eigenvalue weighted by Crippen LogP contribution is -2.46. The molecule has 0 aromatic rings. The first kappa shape index (κ1) is 16.8. The molecule has 0 radical (unpaired) electrons. The van der Waals surface area contributed by atoms with Crippen molar-refractivity contribution >= 4 is 17.7 Å². The van der Waals surface area contributed by atoms with Gasteiger partial charge in [-0.05, 0) is 32.1 Å². The normalized spacial score (nSPS) is 19.4. The number of amides is 1. The van der Waals surface area contributed by atoms with E-state index in [1.165, 1.54) is 6.42 Å². The lowest BCUT2D eigenvalue weighted by molar-refractivity contribution is -0.130. The second kappa shape index (κ2) is 8.82. The predicted molar refractivity (Wildman–Crippen MR) is 83.8 cm³/mol. The molecule has 1 aliphatic rings. The van der Waals surface area contributed by atoms with Crippen LogP contribution >= 0.6 is 11.8 Å². The minimum Gasteiger partial charge on any atom is -0.348 e. The van der Waals surface area contributed by atoms with Crippen molar-refractivity contribution in [2.75, 3.05) is 46.5 Å². The second-order valence-corrected chi connectivity index (χ2v) is 6.90. The van der Waals surface area contributed by atoms with Crippen molar-refractivity contribution in [3.63, 3.8) is 0 Å². The van der Waals surface area contributed by atoms with Gasteiger partial charge in [0, 0.05) is 38.5 Å². The summed E-state index contributed by atoms with van der Waals surface area (Å²) >= 11 is 1.93. The lowest BCUT2D eigenvalue weighted by Gasteiger charge is -2.32. The number of carbonyl (C=O) groups is 1. The maximum absolute atomic E-state index is 11.6. The highest BCUT2D eigenvalue weighted by Crippen LogP contribution is 2.12. The van der Waals surface area contributed by atoms with E-state index in [4.69, 9.17) is 0 Å². The van der Waals surface area contributed by atoms with Gasteiger partial charge in [-0.2, -0.15) is 11.8 Å². The van der Waals surface area contributed by atoms with E-state index in [0.29, 0.717) is 12.6 Å². The fourth-order valence-corrected chi connectivity index (χ4v) is 2.59. The van der Waals surface area contributed by atoms with Crippen molar-refractivity contribution in [2.45, 2.75) is 37.5 Å². The summed E-state index contributed by atoms with van der Waals surface area (Å²) < 4.78 is 0. The highest BCUT2D eigenvalue weighted by Gasteiger charge is 2.20. The molecule has 1 unspecified atom stereocenters. The Bertz CT molecular complexity index is 265. The Morgan fingerprint density at radius 1 is 1.42 bits per heavy atom. The summed E-state index contributed by atoms with van der Waals surface area (Å²) in [5.41, 5.74) is 0. The van der Waals surface area contributed by atoms with E-state index in [1.54, 1.807) is 4.90 Å². The van der Waals surface area contributed by atoms with Crippen molar-refractivity contribution in [3.8, 4) is 0 Å². The maximum atomic E-state index is 11.6. The number of likely N-dealkylation sites (N-methyl/N-ethyl adjacent to an activating group) is 1. The Labute approximate surface area is 122 Å². The van der Waals surface area contributed by atoms with Crippen molar-refractivity contribution in [1.82, 2.24) is 15.1 Å². The van der Waals surface area contributed by atoms with Crippen molar-refractivity contribution in [3.05, 3.63) is 0 Å². The molecule has 0 aromatic heterocycles. The lowest BCUT2D eigenvalue weighted by atomic mass is 10.0. The molecule has 1 rings (SSSR count). The number of piperidine rings is 1. The van der Waals surface area contributed by atoms with Crippen molar-refractivity contribution in [2.24, 2.45) is 0 Å². The third-order valence-corrected chi connectivity index (χ3v) is 4.87. The molecule has 4 nitrogen and oxygen atoms in total. The summed E-state index contributed by atoms with van der Waals surface area (Å²) in [6.07, 6.45) is 5.73. The van der Waals surface area contributed by atoms with Crippen LogP contribution in [0.25, 0.3) is 0 Å². The molecule has 0 aromatic carbocycles. The monoisotopic (exact) mass is 287 g/mol. The van der Waals surface area contributed by atoms with Gasteiger partial charge in [0.25, 0.3) is 0 Å². The van der Waals surface area contributed by atoms with Gasteiger partial charge in [-0.3, -0.25) is 9.69 Å². The molecular weight excluding hydrogens is 258 g/mol. The SMILES string of the molecule is CSC(C)CCNC1CCN(CC(=O)N(C)C)CC1. The Morgan fingerprint density at radius 2 is 2.05 bits per heavy atom. The smallest absolute Gasteiger partial charge is 0.236 e. The van der Waals surface area contributed by atoms with E-state index in [0.717, 1.165) is 37.7 Å². The Balaban J connectivity index is 2.13. The molecule has 1 N–H and O–H groups in total. The third kappa shape index (κ3) is 6.63. The Kier molecular flexibility index (Phi) is 7.80. The predicted octanol–water partition coefficient (Wildman–Crippen LogP) is 1.27. The number of thioether (sulfide) groups is 1. The molecule has 19 heavy (non-hydrogen) atoms. The van der Waals surface area contributed by atoms with Crippen molar-refractivity contribution in [1.29, 1.82) is 0 Å². The number of hydrogen-bond acceptors (Lipinski definition) is 4. The van der Waals surface area contributed by atoms with Crippen LogP contribution in [0.3, 0.4) is 0 Å². The number of carbonyl (C=O) groups excluding carboxylic acids is 1. The molecule has 0 bridgehead atoms. The van der Waals surface area contributed by atoms with Gasteiger partial charge in [0.1, 0.15) is 0 Å². The fourth-order valence-electron chi connectivity index (χ4n) is 2.24. The minimum absolute atomic E-state index is 0.209. The number of likely N-dealkylation sites (tertiary alicyclic amines) is 1. The van der Waals surface area contributed by atoms with Gasteiger partial charge in [-0.15, -0.1) is 0 Å². The van der Waals surface area contributed by atoms with Crippen molar-refractivity contribution < 1.29 is 4.79 Å². The van der Waals surface area contributed by atoms with Crippen LogP contribution in [0.5, 0.6) is 0 Å². The van der Waals surface area contributed by atoms with Gasteiger partial charge < -0.3 is 10.2 Å². The quantitative estimate of drug-likeness (QED) is 0.765. The molecule has 1 fully saturated rings. The van der Waals surface area contributed by atoms with E-state index in [9.17, 15) is 4.79 Å². The fraction of sp³-hybridized carbons (Fsp3) is 0.929. The van der Waals surface area contributed by atoms with Gasteiger partial charge in [-0.25, -0.2) is 0 Å². The molecule has 1 saturated heterocycles. The summed E-state index contributed by atoms with van der Waals surface area (Å²) in [7, 11) is 3.65. The Morgan fingerprint density at radius 3 is 2.58 bits per heavy atom. The molecule has 112 valence electrons. The van der Waals surface area contributed by atoms with E-state index < -0.39 is 0 Å². The molecule has 1 heterocycles. The molecule has 0 saturated carbocycles. The van der Waals surface area contributed by atoms with Gasteiger partial charge in [-0.1, -0.05) is 6.92 Å². The second-order valence-electron chi connectivity index (χ2n) is 5.63. The molecule has 1 aliphatic heterocycles. The average Bonchev–Trinajstić information content (AvgIpc) is 2.40. The molecule has 0 aliphatic carbocycles. The highest BCUT2D eigenvalue weighted by atomic mass is 32.2. The summed E-state index contributed by atoms with van der Waals surface area (Å²) in [4.78, 5) is 15.6. The molecule has 1 atom stereocenters. The van der Waals surface area contributed by atoms with Crippen LogP contribution in [0.15, 0.2) is 0 Å². The number of nitrogens with zero attached hydrogens (tertiary/aromatic N) is 2. The van der Waals surface area contributed by atoms with E-state index in [1.807, 2.05) is 25.9 Å². The zero-order valence-corrected chi connectivity index (χ0v) is 13.6. The zero-order chi connectivity index (χ0) is 14.3. The first-order chi connectivity index (χ1) is 9.02. The van der Waals surface area contributed by atoms with E-state index >= 15 is 0 Å². The Hall–Kier alpha value is -0.260. The minimum atomic E-state index is 0.209. The van der Waals surface area contributed by atoms with Gasteiger partial charge in [0.2, 0.25) is 5.91 Å². The first-order valence-electron chi connectivity index (χ1n) is 7.21. The van der Waals surface area contributed by atoms with Crippen LogP contribution < -0.4 is 5.32 Å². The standard InChI is InChI=1S/C14H29N3OS/c1-12(19-4)5-8-15-13-6-9-17(10-7-13)11-14(18)16(2)3/h12-13,15H,5-11H2,1-4H3. The van der Waals surface area contributed by atoms with Gasteiger partial charge in [0.05, 0.1) is 6.54 Å². The van der Waals surface area contributed by atoms with E-state index in [-0.39, 0.29) is 5.91 Å². The molecule has 5 heteroatoms. The first-order valence-corrected chi connectivity index (χ1v) is 8.50. The van der Waals surface area contributed by atoms with Crippen LogP contribution in [-0.4, -0.2) is 73.5 Å². The number of nitrogens with one attached hydrogen (secondary N) is 1. The summed E-state index contributed by atoms with van der Waals surface area (Å²) in [6.45, 7) is 6.04. The summed E-state index contributed by atoms with van der Waals surface area (Å²) in [5, 5.41) is 4.39. The highest BCUT2D eigenvalue weighted by molar-refractivity contribution is 7.99. The number of hydrogen-bond donors (Lipinski definition) is 1. The maximum Gasteiger partial charge on any atom is 0.236 e. The van der Waals surface area contributed by atoms with E-state index in [2.05, 4.69) is 23.4 Å². The zero-order valence-electron chi connectivity index (χ0n) is 12.8. The summed E-state index contributed by atoms with van der Waals surface area (Å²) in [6, 6.07) is 0.639. The third-order valence-electron chi connectivity index (χ3n) is 3.83. The molecule has 1 amide bonds. The van der Waals surface area contributed by atoms with Gasteiger partial charge in [0.15, 0.2) is 0 Å². The number of rotatable bonds is 7. The average molecular weight is 287 g/mol. The molecule has 0 spiro atoms. The largest absolute Gasteiger partial charge is 0.348 e. The van der Waals surface area contributed by atoms with Crippen LogP contribution in [-0.2, 0) is 4.79 Å². The van der Waals surface area contributed by atoms with Crippen LogP contribution in [0.2, 0.25) is 0 Å². The molecular formula is C14H29N3OS. The topological polar surface area (TPSA) is 35.6 Å². The van der Waals surface area contributed by atoms with Crippen LogP contribution in [0.4, 0.5) is 0 Å².